The Kier molecular flexibility index (Phi) is 2.81. The van der Waals surface area contributed by atoms with E-state index in [1.807, 2.05) is 19.1 Å². The highest BCUT2D eigenvalue weighted by molar-refractivity contribution is 6.24. The summed E-state index contributed by atoms with van der Waals surface area (Å²) >= 11 is 0. The molecule has 0 aliphatic heterocycles. The highest BCUT2D eigenvalue weighted by Crippen LogP contribution is 2.40. The number of fused-ring (bicyclic) bond motifs is 7. The van der Waals surface area contributed by atoms with Gasteiger partial charge in [-0.1, -0.05) is 42.5 Å². The Labute approximate surface area is 155 Å². The minimum Gasteiger partial charge on any atom is -0.758 e. The Morgan fingerprint density at radius 2 is 1.52 bits per heavy atom. The van der Waals surface area contributed by atoms with E-state index >= 15 is 0 Å². The molecule has 0 bridgehead atoms. The average Bonchev–Trinajstić information content (AvgIpc) is 3.23. The number of hydrogen-bond acceptors (Lipinski definition) is 2. The summed E-state index contributed by atoms with van der Waals surface area (Å²) in [6, 6.07) is 25.6. The first-order valence-electron chi connectivity index (χ1n) is 9.31. The molecule has 6 aromatic rings. The van der Waals surface area contributed by atoms with Crippen LogP contribution in [0.4, 0.5) is 5.69 Å². The van der Waals surface area contributed by atoms with E-state index in [-0.39, 0.29) is 0 Å². The van der Waals surface area contributed by atoms with Gasteiger partial charge in [-0.05, 0) is 48.0 Å². The van der Waals surface area contributed by atoms with E-state index in [2.05, 4.69) is 65.1 Å². The molecule has 0 spiro atoms. The molecule has 0 saturated heterocycles. The average molecular weight is 349 g/mol. The van der Waals surface area contributed by atoms with E-state index in [1.165, 1.54) is 38.1 Å². The van der Waals surface area contributed by atoms with Crippen molar-refractivity contribution in [1.29, 1.82) is 0 Å². The van der Waals surface area contributed by atoms with Gasteiger partial charge in [0.25, 0.3) is 0 Å². The lowest BCUT2D eigenvalue weighted by molar-refractivity contribution is 1.02. The largest absolute Gasteiger partial charge is 0.758 e. The van der Waals surface area contributed by atoms with E-state index in [0.717, 1.165) is 15.8 Å². The van der Waals surface area contributed by atoms with Crippen LogP contribution in [0.15, 0.2) is 72.8 Å². The second-order valence-corrected chi connectivity index (χ2v) is 7.15. The van der Waals surface area contributed by atoms with Gasteiger partial charge in [0.2, 0.25) is 0 Å². The first-order valence-corrected chi connectivity index (χ1v) is 9.31. The number of rotatable bonds is 2. The predicted molar refractivity (Wildman–Crippen MR) is 115 cm³/mol. The van der Waals surface area contributed by atoms with Crippen LogP contribution < -0.4 is 5.06 Å². The number of para-hydroxylation sites is 2. The van der Waals surface area contributed by atoms with Crippen molar-refractivity contribution in [2.75, 3.05) is 11.6 Å². The van der Waals surface area contributed by atoms with Crippen LogP contribution in [0.2, 0.25) is 0 Å². The maximum atomic E-state index is 12.1. The molecular formula is C24H17N2O-. The van der Waals surface area contributed by atoms with Crippen molar-refractivity contribution in [2.24, 2.45) is 0 Å². The molecular weight excluding hydrogens is 332 g/mol. The molecule has 2 heterocycles. The van der Waals surface area contributed by atoms with E-state index in [1.54, 1.807) is 0 Å². The Morgan fingerprint density at radius 1 is 0.741 bits per heavy atom. The summed E-state index contributed by atoms with van der Waals surface area (Å²) in [4.78, 5) is 0. The Bertz CT molecular complexity index is 1480. The van der Waals surface area contributed by atoms with Gasteiger partial charge in [-0.3, -0.25) is 0 Å². The third-order valence-electron chi connectivity index (χ3n) is 5.74. The highest BCUT2D eigenvalue weighted by Gasteiger charge is 2.17. The summed E-state index contributed by atoms with van der Waals surface area (Å²) in [5, 5.41) is 20.5. The van der Waals surface area contributed by atoms with Crippen LogP contribution in [-0.4, -0.2) is 10.9 Å². The predicted octanol–water partition coefficient (Wildman–Crippen LogP) is 6.31. The maximum Gasteiger partial charge on any atom is 0.0620 e. The first-order chi connectivity index (χ1) is 13.3. The van der Waals surface area contributed by atoms with Crippen molar-refractivity contribution in [3.63, 3.8) is 0 Å². The van der Waals surface area contributed by atoms with Crippen molar-refractivity contribution in [1.82, 2.24) is 4.40 Å². The van der Waals surface area contributed by atoms with Crippen molar-refractivity contribution in [2.45, 2.75) is 6.92 Å². The fourth-order valence-electron chi connectivity index (χ4n) is 4.50. The molecule has 0 fully saturated rings. The van der Waals surface area contributed by atoms with Crippen molar-refractivity contribution >= 4 is 54.6 Å². The lowest BCUT2D eigenvalue weighted by Gasteiger charge is -2.29. The second kappa shape index (κ2) is 5.12. The number of hydrogen-bond donors (Lipinski definition) is 0. The van der Waals surface area contributed by atoms with Crippen molar-refractivity contribution < 1.29 is 0 Å². The van der Waals surface area contributed by atoms with Crippen LogP contribution in [0.25, 0.3) is 48.9 Å². The van der Waals surface area contributed by atoms with Crippen molar-refractivity contribution in [3.8, 4) is 0 Å². The molecule has 0 aliphatic rings. The summed E-state index contributed by atoms with van der Waals surface area (Å²) < 4.78 is 2.37. The first kappa shape index (κ1) is 14.8. The molecule has 2 aromatic heterocycles. The number of nitrogens with zero attached hydrogens (tertiary/aromatic N) is 2. The number of benzene rings is 4. The summed E-state index contributed by atoms with van der Waals surface area (Å²) in [7, 11) is 0. The van der Waals surface area contributed by atoms with Gasteiger partial charge in [0.15, 0.2) is 0 Å². The van der Waals surface area contributed by atoms with Gasteiger partial charge in [-0.25, -0.2) is 0 Å². The van der Waals surface area contributed by atoms with Crippen LogP contribution in [0, 0.1) is 5.21 Å². The molecule has 6 rings (SSSR count). The third kappa shape index (κ3) is 1.84. The SMILES string of the molecule is CCN([O-])c1ccc2cc3c4cccc5c6ccccc6n(c3cc2c1)c54. The van der Waals surface area contributed by atoms with E-state index in [9.17, 15) is 5.21 Å². The zero-order valence-electron chi connectivity index (χ0n) is 14.9. The molecule has 4 aromatic carbocycles. The topological polar surface area (TPSA) is 30.7 Å². The molecule has 0 atom stereocenters. The Balaban J connectivity index is 1.83. The Morgan fingerprint density at radius 3 is 2.37 bits per heavy atom. The minimum absolute atomic E-state index is 0.449. The van der Waals surface area contributed by atoms with Crippen LogP contribution in [0.3, 0.4) is 0 Å². The summed E-state index contributed by atoms with van der Waals surface area (Å²) in [6.45, 7) is 2.32. The standard InChI is InChI=1S/C24H17N2O/c1-2-25(27)17-11-10-15-13-21-20-8-5-7-19-18-6-3-4-9-22(18)26(24(19)20)23(21)14-16(15)12-17/h3-14H,2H2,1H3/q-1. The van der Waals surface area contributed by atoms with Gasteiger partial charge in [0.1, 0.15) is 0 Å². The van der Waals surface area contributed by atoms with Crippen LogP contribution in [0.1, 0.15) is 6.92 Å². The number of aromatic nitrogens is 1. The molecule has 0 aliphatic carbocycles. The second-order valence-electron chi connectivity index (χ2n) is 7.15. The summed E-state index contributed by atoms with van der Waals surface area (Å²) in [6.07, 6.45) is 0. The molecule has 0 unspecified atom stereocenters. The normalized spacial score (nSPS) is 12.2. The molecule has 27 heavy (non-hydrogen) atoms. The van der Waals surface area contributed by atoms with Crippen LogP contribution in [-0.2, 0) is 0 Å². The summed E-state index contributed by atoms with van der Waals surface area (Å²) in [5.41, 5.74) is 4.42. The fourth-order valence-corrected chi connectivity index (χ4v) is 4.50. The van der Waals surface area contributed by atoms with Crippen LogP contribution >= 0.6 is 0 Å². The fraction of sp³-hybridized carbons (Fsp3) is 0.0833. The van der Waals surface area contributed by atoms with Gasteiger partial charge < -0.3 is 14.7 Å². The third-order valence-corrected chi connectivity index (χ3v) is 5.74. The zero-order valence-corrected chi connectivity index (χ0v) is 14.9. The molecule has 0 radical (unpaired) electrons. The zero-order chi connectivity index (χ0) is 18.1. The molecule has 0 amide bonds. The lowest BCUT2D eigenvalue weighted by atomic mass is 10.0. The number of anilines is 1. The van der Waals surface area contributed by atoms with E-state index in [0.29, 0.717) is 12.2 Å². The quantitative estimate of drug-likeness (QED) is 0.343. The number of hydroxylamine groups is 1. The summed E-state index contributed by atoms with van der Waals surface area (Å²) in [5.74, 6) is 0. The van der Waals surface area contributed by atoms with Gasteiger partial charge in [0, 0.05) is 33.8 Å². The smallest absolute Gasteiger partial charge is 0.0620 e. The highest BCUT2D eigenvalue weighted by atomic mass is 16.5. The lowest BCUT2D eigenvalue weighted by Crippen LogP contribution is -2.12. The van der Waals surface area contributed by atoms with Gasteiger partial charge >= 0.3 is 0 Å². The van der Waals surface area contributed by atoms with E-state index in [4.69, 9.17) is 0 Å². The Hall–Kier alpha value is -3.30. The van der Waals surface area contributed by atoms with Crippen LogP contribution in [0.5, 0.6) is 0 Å². The molecule has 130 valence electrons. The molecule has 3 heteroatoms. The van der Waals surface area contributed by atoms with Crippen molar-refractivity contribution in [3.05, 3.63) is 78.0 Å². The van der Waals surface area contributed by atoms with Gasteiger partial charge in [0.05, 0.1) is 16.6 Å². The monoisotopic (exact) mass is 349 g/mol. The minimum atomic E-state index is 0.449. The maximum absolute atomic E-state index is 12.1. The van der Waals surface area contributed by atoms with E-state index < -0.39 is 0 Å². The molecule has 0 saturated carbocycles. The molecule has 0 N–H and O–H groups in total. The molecule has 3 nitrogen and oxygen atoms in total. The van der Waals surface area contributed by atoms with Gasteiger partial charge in [-0.15, -0.1) is 0 Å². The van der Waals surface area contributed by atoms with Gasteiger partial charge in [-0.2, -0.15) is 0 Å².